The highest BCUT2D eigenvalue weighted by Gasteiger charge is 2.34. The third kappa shape index (κ3) is 5.02. The van der Waals surface area contributed by atoms with E-state index in [2.05, 4.69) is 26.8 Å². The number of terminal acetylenes is 1. The molecule has 1 aliphatic heterocycles. The first-order valence-corrected chi connectivity index (χ1v) is 13.1. The van der Waals surface area contributed by atoms with Gasteiger partial charge >= 0.3 is 5.97 Å². The fourth-order valence-electron chi connectivity index (χ4n) is 3.88. The molecule has 0 unspecified atom stereocenters. The lowest BCUT2D eigenvalue weighted by Crippen LogP contribution is -2.40. The molecule has 0 aliphatic carbocycles. The molecule has 0 N–H and O–H groups in total. The Morgan fingerprint density at radius 2 is 2.08 bits per heavy atom. The number of thiazole rings is 1. The molecule has 0 saturated heterocycles. The van der Waals surface area contributed by atoms with Crippen molar-refractivity contribution in [3.05, 3.63) is 93.0 Å². The highest BCUT2D eigenvalue weighted by atomic mass is 79.9. The van der Waals surface area contributed by atoms with E-state index < -0.39 is 12.0 Å². The molecule has 0 fully saturated rings. The molecule has 1 aliphatic rings. The van der Waals surface area contributed by atoms with Gasteiger partial charge in [-0.1, -0.05) is 58.7 Å². The van der Waals surface area contributed by atoms with Crippen LogP contribution >= 0.6 is 50.5 Å². The van der Waals surface area contributed by atoms with Crippen molar-refractivity contribution in [2.24, 2.45) is 4.99 Å². The number of hydrogen-bond donors (Lipinski definition) is 0. The lowest BCUT2D eigenvalue weighted by atomic mass is 9.96. The first kappa shape index (κ1) is 26.2. The van der Waals surface area contributed by atoms with Gasteiger partial charge in [-0.3, -0.25) is 9.36 Å². The highest BCUT2D eigenvalue weighted by Crippen LogP contribution is 2.35. The number of aromatic nitrogens is 1. The van der Waals surface area contributed by atoms with Gasteiger partial charge in [0.05, 0.1) is 26.9 Å². The molecule has 1 atom stereocenters. The van der Waals surface area contributed by atoms with Crippen LogP contribution in [-0.4, -0.2) is 23.8 Å². The Hall–Kier alpha value is -2.83. The Bertz CT molecular complexity index is 1620. The van der Waals surface area contributed by atoms with Crippen molar-refractivity contribution >= 4 is 62.5 Å². The van der Waals surface area contributed by atoms with Gasteiger partial charge in [-0.15, -0.1) is 6.42 Å². The second-order valence-electron chi connectivity index (χ2n) is 7.62. The van der Waals surface area contributed by atoms with E-state index in [1.807, 2.05) is 0 Å². The molecule has 6 nitrogen and oxygen atoms in total. The Kier molecular flexibility index (Phi) is 8.06. The van der Waals surface area contributed by atoms with Crippen LogP contribution < -0.4 is 19.6 Å². The first-order chi connectivity index (χ1) is 17.3. The number of nitrogens with zero attached hydrogens (tertiary/aromatic N) is 2. The normalized spacial score (nSPS) is 15.2. The van der Waals surface area contributed by atoms with Gasteiger partial charge in [0.15, 0.2) is 4.80 Å². The number of allylic oxidation sites excluding steroid dienone is 1. The number of benzene rings is 2. The maximum absolute atomic E-state index is 13.8. The van der Waals surface area contributed by atoms with Crippen LogP contribution in [0.5, 0.6) is 5.75 Å². The van der Waals surface area contributed by atoms with Crippen molar-refractivity contribution in [3.63, 3.8) is 0 Å². The number of carbonyl (C=O) groups is 1. The Labute approximate surface area is 229 Å². The summed E-state index contributed by atoms with van der Waals surface area (Å²) in [6, 6.07) is 9.62. The lowest BCUT2D eigenvalue weighted by Gasteiger charge is -2.25. The average molecular weight is 606 g/mol. The third-order valence-electron chi connectivity index (χ3n) is 5.34. The van der Waals surface area contributed by atoms with Crippen LogP contribution in [0.1, 0.15) is 31.0 Å². The standard InChI is InChI=1S/C26H19BrCl2N2O4S/c1-4-10-35-23-15(11-16(28)13-18(23)27)12-20-24(32)31-22(17-8-6-7-9-19(17)29)21(25(33)34-5-2)14(3)30-26(31)36-20/h1,6-9,11-13,22H,5,10H2,2-3H3/b20-12-/t22-/m0/s1. The summed E-state index contributed by atoms with van der Waals surface area (Å²) >= 11 is 17.4. The van der Waals surface area contributed by atoms with Gasteiger partial charge in [-0.2, -0.15) is 0 Å². The number of rotatable bonds is 6. The lowest BCUT2D eigenvalue weighted by molar-refractivity contribution is -0.139. The predicted octanol–water partition coefficient (Wildman–Crippen LogP) is 4.88. The van der Waals surface area contributed by atoms with E-state index in [1.54, 1.807) is 56.3 Å². The summed E-state index contributed by atoms with van der Waals surface area (Å²) in [5, 5.41) is 0.862. The fraction of sp³-hybridized carbons (Fsp3) is 0.192. The van der Waals surface area contributed by atoms with E-state index in [9.17, 15) is 9.59 Å². The number of carbonyl (C=O) groups excluding carboxylic acids is 1. The minimum atomic E-state index is -0.806. The SMILES string of the molecule is C#CCOc1c(Br)cc(Cl)cc1/C=c1\sc2n(c1=O)[C@@H](c1ccccc1Cl)C(C(=O)OCC)=C(C)N=2. The Morgan fingerprint density at radius 3 is 2.78 bits per heavy atom. The van der Waals surface area contributed by atoms with Crippen molar-refractivity contribution in [2.75, 3.05) is 13.2 Å². The zero-order chi connectivity index (χ0) is 26.0. The van der Waals surface area contributed by atoms with Crippen molar-refractivity contribution in [1.29, 1.82) is 0 Å². The Morgan fingerprint density at radius 1 is 1.33 bits per heavy atom. The van der Waals surface area contributed by atoms with Gasteiger partial charge in [0.25, 0.3) is 5.56 Å². The summed E-state index contributed by atoms with van der Waals surface area (Å²) in [5.74, 6) is 2.33. The molecule has 2 aromatic carbocycles. The van der Waals surface area contributed by atoms with E-state index >= 15 is 0 Å². The smallest absolute Gasteiger partial charge is 0.338 e. The largest absolute Gasteiger partial charge is 0.479 e. The minimum Gasteiger partial charge on any atom is -0.479 e. The number of fused-ring (bicyclic) bond motifs is 1. The van der Waals surface area contributed by atoms with Gasteiger partial charge in [-0.25, -0.2) is 9.79 Å². The topological polar surface area (TPSA) is 69.9 Å². The van der Waals surface area contributed by atoms with Gasteiger partial charge in [0.2, 0.25) is 0 Å². The number of ether oxygens (including phenoxy) is 2. The van der Waals surface area contributed by atoms with E-state index in [4.69, 9.17) is 39.1 Å². The van der Waals surface area contributed by atoms with Gasteiger partial charge in [0, 0.05) is 15.6 Å². The fourth-order valence-corrected chi connectivity index (χ4v) is 6.10. The van der Waals surface area contributed by atoms with Crippen LogP contribution in [0, 0.1) is 12.3 Å². The first-order valence-electron chi connectivity index (χ1n) is 10.8. The van der Waals surface area contributed by atoms with Crippen LogP contribution in [-0.2, 0) is 9.53 Å². The van der Waals surface area contributed by atoms with E-state index in [0.29, 0.717) is 46.4 Å². The van der Waals surface area contributed by atoms with Crippen LogP contribution in [0.3, 0.4) is 0 Å². The highest BCUT2D eigenvalue weighted by molar-refractivity contribution is 9.10. The van der Waals surface area contributed by atoms with Crippen molar-refractivity contribution < 1.29 is 14.3 Å². The molecular formula is C26H19BrCl2N2O4S. The second-order valence-corrected chi connectivity index (χ2v) is 10.3. The second kappa shape index (κ2) is 11.1. The molecule has 1 aromatic heterocycles. The molecule has 36 heavy (non-hydrogen) atoms. The Balaban J connectivity index is 1.99. The van der Waals surface area contributed by atoms with E-state index in [0.717, 1.165) is 0 Å². The third-order valence-corrected chi connectivity index (χ3v) is 7.47. The molecule has 0 bridgehead atoms. The van der Waals surface area contributed by atoms with Crippen LogP contribution in [0.25, 0.3) is 6.08 Å². The van der Waals surface area contributed by atoms with Crippen LogP contribution in [0.4, 0.5) is 0 Å². The van der Waals surface area contributed by atoms with E-state index in [1.165, 1.54) is 15.9 Å². The summed E-state index contributed by atoms with van der Waals surface area (Å²) in [4.78, 5) is 31.8. The average Bonchev–Trinajstić information content (AvgIpc) is 3.12. The van der Waals surface area contributed by atoms with Gasteiger partial charge in [0.1, 0.15) is 18.4 Å². The summed E-state index contributed by atoms with van der Waals surface area (Å²) in [5.41, 5.74) is 1.51. The number of halogens is 3. The molecule has 10 heteroatoms. The number of hydrogen-bond acceptors (Lipinski definition) is 6. The quantitative estimate of drug-likeness (QED) is 0.297. The van der Waals surface area contributed by atoms with E-state index in [-0.39, 0.29) is 24.3 Å². The summed E-state index contributed by atoms with van der Waals surface area (Å²) < 4.78 is 13.4. The molecule has 0 saturated carbocycles. The molecule has 184 valence electrons. The molecule has 2 heterocycles. The zero-order valence-electron chi connectivity index (χ0n) is 19.2. The van der Waals surface area contributed by atoms with Crippen LogP contribution in [0.15, 0.2) is 61.9 Å². The molecule has 0 amide bonds. The molecule has 0 radical (unpaired) electrons. The molecule has 3 aromatic rings. The van der Waals surface area contributed by atoms with Crippen LogP contribution in [0.2, 0.25) is 10.0 Å². The summed E-state index contributed by atoms with van der Waals surface area (Å²) in [6.07, 6.45) is 7.03. The van der Waals surface area contributed by atoms with Gasteiger partial charge in [-0.05, 0) is 59.6 Å². The van der Waals surface area contributed by atoms with Crippen molar-refractivity contribution in [1.82, 2.24) is 4.57 Å². The zero-order valence-corrected chi connectivity index (χ0v) is 23.1. The van der Waals surface area contributed by atoms with Crippen molar-refractivity contribution in [3.8, 4) is 18.1 Å². The maximum Gasteiger partial charge on any atom is 0.338 e. The summed E-state index contributed by atoms with van der Waals surface area (Å²) in [6.45, 7) is 3.65. The van der Waals surface area contributed by atoms with Gasteiger partial charge < -0.3 is 9.47 Å². The predicted molar refractivity (Wildman–Crippen MR) is 145 cm³/mol. The number of esters is 1. The monoisotopic (exact) mass is 604 g/mol. The summed E-state index contributed by atoms with van der Waals surface area (Å²) in [7, 11) is 0. The minimum absolute atomic E-state index is 0.0386. The van der Waals surface area contributed by atoms with Crippen molar-refractivity contribution in [2.45, 2.75) is 19.9 Å². The maximum atomic E-state index is 13.8. The molecule has 4 rings (SSSR count). The molecular weight excluding hydrogens is 587 g/mol. The molecule has 0 spiro atoms.